The van der Waals surface area contributed by atoms with Gasteiger partial charge in [-0.1, -0.05) is 11.8 Å². The van der Waals surface area contributed by atoms with Gasteiger partial charge in [-0.25, -0.2) is 0 Å². The summed E-state index contributed by atoms with van der Waals surface area (Å²) in [5, 5.41) is 7.69. The molecule has 15 heavy (non-hydrogen) atoms. The molecule has 7 heteroatoms. The van der Waals surface area contributed by atoms with Gasteiger partial charge in [0.25, 0.3) is 0 Å². The normalized spacial score (nSPS) is 19.6. The predicted octanol–water partition coefficient (Wildman–Crippen LogP) is 2.36. The maximum atomic E-state index is 11.6. The maximum absolute atomic E-state index is 11.6. The van der Waals surface area contributed by atoms with E-state index in [-0.39, 0.29) is 10.6 Å². The summed E-state index contributed by atoms with van der Waals surface area (Å²) < 4.78 is 0.528. The molecular formula is C8H13N3OS3. The Bertz CT molecular complexity index is 278. The molecule has 0 saturated heterocycles. The number of thioether (sulfide) groups is 2. The Hall–Kier alpha value is -0.140. The lowest BCUT2D eigenvalue weighted by molar-refractivity contribution is -0.127. The minimum absolute atomic E-state index is 0.0305. The standard InChI is InChI=1S/C8H13N3OS3/c1-3-11(4-2)6(12)5-14-8-10-9-7(13)15-8/h8H,3-5H2,1-2H3. The van der Waals surface area contributed by atoms with Gasteiger partial charge in [-0.15, -0.1) is 16.9 Å². The number of thiocarbonyl (C=S) groups is 1. The molecule has 1 aliphatic rings. The van der Waals surface area contributed by atoms with Crippen LogP contribution in [-0.4, -0.2) is 38.7 Å². The van der Waals surface area contributed by atoms with Gasteiger partial charge in [0, 0.05) is 13.1 Å². The molecule has 1 atom stereocenters. The van der Waals surface area contributed by atoms with Crippen molar-refractivity contribution in [2.24, 2.45) is 10.2 Å². The first-order valence-corrected chi connectivity index (χ1v) is 7.01. The van der Waals surface area contributed by atoms with E-state index in [0.717, 1.165) is 13.1 Å². The van der Waals surface area contributed by atoms with Gasteiger partial charge in [-0.05, 0) is 26.1 Å². The number of carbonyl (C=O) groups is 1. The molecule has 0 N–H and O–H groups in total. The number of amides is 1. The zero-order valence-electron chi connectivity index (χ0n) is 8.67. The second kappa shape index (κ2) is 6.44. The highest BCUT2D eigenvalue weighted by Gasteiger charge is 2.20. The van der Waals surface area contributed by atoms with Gasteiger partial charge >= 0.3 is 0 Å². The van der Waals surface area contributed by atoms with Crippen LogP contribution in [-0.2, 0) is 4.79 Å². The minimum atomic E-state index is -0.0305. The van der Waals surface area contributed by atoms with E-state index in [1.165, 1.54) is 23.5 Å². The molecule has 1 heterocycles. The van der Waals surface area contributed by atoms with Crippen molar-refractivity contribution in [3.63, 3.8) is 0 Å². The van der Waals surface area contributed by atoms with Gasteiger partial charge in [-0.3, -0.25) is 4.79 Å². The topological polar surface area (TPSA) is 45.0 Å². The van der Waals surface area contributed by atoms with Crippen LogP contribution in [0.25, 0.3) is 0 Å². The SMILES string of the molecule is CCN(CC)C(=O)CSC1N=NC(=S)S1. The van der Waals surface area contributed by atoms with E-state index in [1.54, 1.807) is 0 Å². The van der Waals surface area contributed by atoms with Crippen molar-refractivity contribution in [3.8, 4) is 0 Å². The molecular weight excluding hydrogens is 250 g/mol. The fourth-order valence-electron chi connectivity index (χ4n) is 1.11. The van der Waals surface area contributed by atoms with Gasteiger partial charge in [-0.2, -0.15) is 5.11 Å². The highest BCUT2D eigenvalue weighted by molar-refractivity contribution is 8.30. The van der Waals surface area contributed by atoms with E-state index >= 15 is 0 Å². The van der Waals surface area contributed by atoms with E-state index in [2.05, 4.69) is 10.2 Å². The number of carbonyl (C=O) groups excluding carboxylic acids is 1. The number of hydrogen-bond acceptors (Lipinski definition) is 5. The van der Waals surface area contributed by atoms with E-state index < -0.39 is 0 Å². The lowest BCUT2D eigenvalue weighted by Crippen LogP contribution is -2.32. The van der Waals surface area contributed by atoms with Crippen LogP contribution < -0.4 is 0 Å². The van der Waals surface area contributed by atoms with Crippen LogP contribution >= 0.6 is 35.7 Å². The van der Waals surface area contributed by atoms with Crippen LogP contribution in [0.15, 0.2) is 10.2 Å². The van der Waals surface area contributed by atoms with Crippen molar-refractivity contribution >= 4 is 46.0 Å². The summed E-state index contributed by atoms with van der Waals surface area (Å²) in [5.74, 6) is 0.597. The molecule has 0 bridgehead atoms. The Morgan fingerprint density at radius 3 is 2.73 bits per heavy atom. The zero-order valence-corrected chi connectivity index (χ0v) is 11.1. The zero-order chi connectivity index (χ0) is 11.3. The van der Waals surface area contributed by atoms with Crippen molar-refractivity contribution in [3.05, 3.63) is 0 Å². The molecule has 1 amide bonds. The third-order valence-corrected chi connectivity index (χ3v) is 4.34. The van der Waals surface area contributed by atoms with Crippen molar-refractivity contribution < 1.29 is 4.79 Å². The Kier molecular flexibility index (Phi) is 5.55. The van der Waals surface area contributed by atoms with E-state index in [9.17, 15) is 4.79 Å². The summed E-state index contributed by atoms with van der Waals surface area (Å²) >= 11 is 7.77. The number of hydrogen-bond donors (Lipinski definition) is 0. The molecule has 4 nitrogen and oxygen atoms in total. The van der Waals surface area contributed by atoms with Crippen LogP contribution in [0.5, 0.6) is 0 Å². The Balaban J connectivity index is 2.28. The molecule has 0 aliphatic carbocycles. The second-order valence-electron chi connectivity index (χ2n) is 2.78. The average molecular weight is 263 g/mol. The fraction of sp³-hybridized carbons (Fsp3) is 0.750. The van der Waals surface area contributed by atoms with Crippen LogP contribution in [0.4, 0.5) is 0 Å². The third-order valence-electron chi connectivity index (χ3n) is 1.90. The summed E-state index contributed by atoms with van der Waals surface area (Å²) in [6.07, 6.45) is 0. The summed E-state index contributed by atoms with van der Waals surface area (Å²) in [4.78, 5) is 13.4. The van der Waals surface area contributed by atoms with Gasteiger partial charge in [0.05, 0.1) is 5.75 Å². The van der Waals surface area contributed by atoms with Gasteiger partial charge in [0.1, 0.15) is 0 Å². The second-order valence-corrected chi connectivity index (χ2v) is 5.86. The molecule has 0 fully saturated rings. The van der Waals surface area contributed by atoms with Crippen molar-refractivity contribution in [1.29, 1.82) is 0 Å². The maximum Gasteiger partial charge on any atom is 0.232 e. The van der Waals surface area contributed by atoms with E-state index in [4.69, 9.17) is 12.2 Å². The quantitative estimate of drug-likeness (QED) is 0.714. The van der Waals surface area contributed by atoms with Crippen LogP contribution in [0.2, 0.25) is 0 Å². The Labute approximate surface area is 103 Å². The predicted molar refractivity (Wildman–Crippen MR) is 69.2 cm³/mol. The van der Waals surface area contributed by atoms with Crippen molar-refractivity contribution in [2.45, 2.75) is 18.6 Å². The Morgan fingerprint density at radius 1 is 1.60 bits per heavy atom. The Morgan fingerprint density at radius 2 is 2.27 bits per heavy atom. The lowest BCUT2D eigenvalue weighted by Gasteiger charge is -2.18. The summed E-state index contributed by atoms with van der Waals surface area (Å²) in [6.45, 7) is 5.47. The highest BCUT2D eigenvalue weighted by atomic mass is 32.2. The van der Waals surface area contributed by atoms with Crippen molar-refractivity contribution in [2.75, 3.05) is 18.8 Å². The molecule has 0 radical (unpaired) electrons. The van der Waals surface area contributed by atoms with Crippen molar-refractivity contribution in [1.82, 2.24) is 4.90 Å². The first kappa shape index (κ1) is 12.9. The fourth-order valence-corrected chi connectivity index (χ4v) is 3.30. The molecule has 0 aromatic carbocycles. The molecule has 0 spiro atoms. The third kappa shape index (κ3) is 4.08. The van der Waals surface area contributed by atoms with Crippen LogP contribution in [0.3, 0.4) is 0 Å². The molecule has 1 aliphatic heterocycles. The summed E-state index contributed by atoms with van der Waals surface area (Å²) in [5.41, 5.74) is 0. The lowest BCUT2D eigenvalue weighted by atomic mass is 10.5. The van der Waals surface area contributed by atoms with Crippen LogP contribution in [0, 0.1) is 0 Å². The molecule has 84 valence electrons. The van der Waals surface area contributed by atoms with Gasteiger partial charge in [0.2, 0.25) is 5.91 Å². The molecule has 1 unspecified atom stereocenters. The molecule has 0 aromatic rings. The minimum Gasteiger partial charge on any atom is -0.343 e. The van der Waals surface area contributed by atoms with Gasteiger partial charge in [0.15, 0.2) is 9.03 Å². The van der Waals surface area contributed by atoms with Crippen LogP contribution in [0.1, 0.15) is 13.8 Å². The van der Waals surface area contributed by atoms with E-state index in [0.29, 0.717) is 10.1 Å². The summed E-state index contributed by atoms with van der Waals surface area (Å²) in [6, 6.07) is 0. The largest absolute Gasteiger partial charge is 0.343 e. The number of azo groups is 1. The average Bonchev–Trinajstić information content (AvgIpc) is 2.63. The molecule has 0 saturated carbocycles. The van der Waals surface area contributed by atoms with Gasteiger partial charge < -0.3 is 4.90 Å². The monoisotopic (exact) mass is 263 g/mol. The molecule has 0 aromatic heterocycles. The highest BCUT2D eigenvalue weighted by Crippen LogP contribution is 2.32. The number of rotatable bonds is 5. The summed E-state index contributed by atoms with van der Waals surface area (Å²) in [7, 11) is 0. The van der Waals surface area contributed by atoms with E-state index in [1.807, 2.05) is 18.7 Å². The number of nitrogens with zero attached hydrogens (tertiary/aromatic N) is 3. The first-order valence-electron chi connectivity index (χ1n) is 4.68. The smallest absolute Gasteiger partial charge is 0.232 e. The first-order chi connectivity index (χ1) is 7.17. The molecule has 1 rings (SSSR count).